The smallest absolute Gasteiger partial charge is 0.0318 e. The third-order valence-corrected chi connectivity index (χ3v) is 31.5. The summed E-state index contributed by atoms with van der Waals surface area (Å²) in [7, 11) is 0. The van der Waals surface area contributed by atoms with Gasteiger partial charge in [0.1, 0.15) is 0 Å². The molecule has 0 radical (unpaired) electrons. The zero-order valence-corrected chi connectivity index (χ0v) is 45.1. The predicted octanol–water partition coefficient (Wildman–Crippen LogP) is 18.2. The molecule has 0 spiro atoms. The molecule has 0 N–H and O–H groups in total. The fourth-order valence-electron chi connectivity index (χ4n) is 29.0. The van der Waals surface area contributed by atoms with Crippen LogP contribution in [0.2, 0.25) is 0 Å². The van der Waals surface area contributed by atoms with Gasteiger partial charge in [-0.15, -0.1) is 0 Å². The molecule has 0 aliphatic heterocycles. The molecule has 24 bridgehead atoms. The highest BCUT2D eigenvalue weighted by Gasteiger charge is 2.76. The van der Waals surface area contributed by atoms with Crippen molar-refractivity contribution in [3.05, 3.63) is 0 Å². The van der Waals surface area contributed by atoms with Gasteiger partial charge in [-0.25, -0.2) is 0 Å². The molecule has 70 heavy (non-hydrogen) atoms. The topological polar surface area (TPSA) is 0 Å². The van der Waals surface area contributed by atoms with E-state index in [0.29, 0.717) is 0 Å². The standard InChI is InChI=1S/C12H18.2C10H16.2C9H14.2C7H10.C6H8/c1-2-8-5-7(1)11-9-3-4-10(6-9)12(8)11;1-7-2-9-4-8(1)5-10(3-7)6-9;1-2-9-7-4-5-8(6-7)10(9)3-1;1-6-2-8-4-7(1)5-9(8)3-6;1-2-7-5-6(1)8-3-4-9(7)8;1-4-2-6-5(1)7(6)3-4;1-2-4-6-5(3-1)7(4)6;1-2-4-5-3(1)6(4)5/h7-12H,1-6H2;2*7-10H,1-6H2;2*6-9H,1-5H2;2*4-7H,1-3H2;3-6H,1-2H2. The first-order valence-corrected chi connectivity index (χ1v) is 34.6. The van der Waals surface area contributed by atoms with Gasteiger partial charge in [0.2, 0.25) is 0 Å². The van der Waals surface area contributed by atoms with E-state index in [2.05, 4.69) is 0 Å². The second kappa shape index (κ2) is 16.8. The number of fused-ring (bicyclic) bond motifs is 22. The summed E-state index contributed by atoms with van der Waals surface area (Å²) in [4.78, 5) is 0. The molecule has 0 aromatic rings. The van der Waals surface area contributed by atoms with Crippen molar-refractivity contribution >= 4 is 0 Å². The maximum Gasteiger partial charge on any atom is -0.0318 e. The summed E-state index contributed by atoms with van der Waals surface area (Å²) in [5.74, 6) is 41.6. The Balaban J connectivity index is 0.0000000655. The Labute approximate surface area is 430 Å². The van der Waals surface area contributed by atoms with Crippen LogP contribution >= 0.6 is 0 Å². The van der Waals surface area contributed by atoms with E-state index in [1.54, 1.807) is 231 Å². The first-order chi connectivity index (χ1) is 34.6. The Morgan fingerprint density at radius 3 is 0.614 bits per heavy atom. The average molecular weight is 948 g/mol. The molecule has 0 saturated heterocycles. The molecule has 30 aliphatic rings. The zero-order valence-electron chi connectivity index (χ0n) is 45.1. The van der Waals surface area contributed by atoms with Crippen LogP contribution in [0.3, 0.4) is 0 Å². The Hall–Kier alpha value is 0. The average Bonchev–Trinajstić information content (AvgIpc) is 4.04. The van der Waals surface area contributed by atoms with Crippen molar-refractivity contribution in [1.29, 1.82) is 0 Å². The van der Waals surface area contributed by atoms with Gasteiger partial charge in [0, 0.05) is 0 Å². The van der Waals surface area contributed by atoms with Gasteiger partial charge in [-0.2, -0.15) is 0 Å². The third kappa shape index (κ3) is 7.33. The molecular weight excluding hydrogens is 841 g/mol. The monoisotopic (exact) mass is 947 g/mol. The third-order valence-electron chi connectivity index (χ3n) is 31.5. The van der Waals surface area contributed by atoms with Gasteiger partial charge >= 0.3 is 0 Å². The second-order valence-corrected chi connectivity index (χ2v) is 34.0. The summed E-state index contributed by atoms with van der Waals surface area (Å²) < 4.78 is 0. The Morgan fingerprint density at radius 2 is 0.371 bits per heavy atom. The summed E-state index contributed by atoms with van der Waals surface area (Å²) in [6, 6.07) is 0. The van der Waals surface area contributed by atoms with Gasteiger partial charge < -0.3 is 0 Å². The molecule has 30 saturated carbocycles. The maximum absolute atomic E-state index is 1.64. The lowest BCUT2D eigenvalue weighted by atomic mass is 9.56. The van der Waals surface area contributed by atoms with Gasteiger partial charge in [-0.1, -0.05) is 12.8 Å². The number of hydrogen-bond acceptors (Lipinski definition) is 0. The fourth-order valence-corrected chi connectivity index (χ4v) is 29.0. The van der Waals surface area contributed by atoms with Gasteiger partial charge in [0.15, 0.2) is 0 Å². The van der Waals surface area contributed by atoms with E-state index < -0.39 is 0 Å². The SMILES string of the molecule is C1C2CC3C1C3C2.C1C2CC3CC1CC(C2)C3.C1C2CC3CC1CC3C2.C1CC2C3C(C1)C23.C1CC2C3C1C23.C1CC2C3CCC(C3)C2C1.C1CC2CC1C1C3CCC(C3)C21.C1CC2CC1C1CCC21. The van der Waals surface area contributed by atoms with Crippen LogP contribution in [0.25, 0.3) is 0 Å². The minimum atomic E-state index is 1.18. The van der Waals surface area contributed by atoms with Gasteiger partial charge in [-0.3, -0.25) is 0 Å². The van der Waals surface area contributed by atoms with Crippen molar-refractivity contribution in [2.45, 2.75) is 231 Å². The molecule has 0 amide bonds. The highest BCUT2D eigenvalue weighted by molar-refractivity contribution is 5.24. The van der Waals surface area contributed by atoms with Crippen molar-refractivity contribution < 1.29 is 0 Å². The van der Waals surface area contributed by atoms with Crippen LogP contribution in [0, 0.1) is 201 Å². The molecule has 12 unspecified atom stereocenters. The van der Waals surface area contributed by atoms with E-state index in [-0.39, 0.29) is 0 Å². The van der Waals surface area contributed by atoms with Gasteiger partial charge in [-0.05, 0) is 420 Å². The van der Waals surface area contributed by atoms with Crippen molar-refractivity contribution in [1.82, 2.24) is 0 Å². The van der Waals surface area contributed by atoms with Crippen LogP contribution in [0.1, 0.15) is 231 Å². The molecular formula is C70H106. The predicted molar refractivity (Wildman–Crippen MR) is 285 cm³/mol. The molecule has 12 atom stereocenters. The highest BCUT2D eigenvalue weighted by atomic mass is 14.8. The van der Waals surface area contributed by atoms with Crippen LogP contribution in [0.5, 0.6) is 0 Å². The molecule has 0 aromatic heterocycles. The van der Waals surface area contributed by atoms with Crippen LogP contribution in [0.15, 0.2) is 0 Å². The molecule has 30 fully saturated rings. The highest BCUT2D eigenvalue weighted by Crippen LogP contribution is 2.82. The number of rotatable bonds is 0. The summed E-state index contributed by atoms with van der Waals surface area (Å²) in [5.41, 5.74) is 0. The van der Waals surface area contributed by atoms with Crippen molar-refractivity contribution in [2.75, 3.05) is 0 Å². The van der Waals surface area contributed by atoms with Crippen LogP contribution in [-0.4, -0.2) is 0 Å². The first kappa shape index (κ1) is 44.0. The maximum atomic E-state index is 1.64. The Kier molecular flexibility index (Phi) is 10.5. The molecule has 0 nitrogen and oxygen atoms in total. The summed E-state index contributed by atoms with van der Waals surface area (Å²) in [6.45, 7) is 0. The van der Waals surface area contributed by atoms with Crippen molar-refractivity contribution in [2.24, 2.45) is 201 Å². The molecule has 0 heterocycles. The lowest BCUT2D eigenvalue weighted by molar-refractivity contribution is 0.0198. The van der Waals surface area contributed by atoms with Crippen LogP contribution in [0.4, 0.5) is 0 Å². The zero-order chi connectivity index (χ0) is 45.1. The van der Waals surface area contributed by atoms with E-state index in [4.69, 9.17) is 0 Å². The van der Waals surface area contributed by atoms with E-state index in [1.165, 1.54) is 201 Å². The molecule has 30 aliphatic carbocycles. The Bertz CT molecular complexity index is 1690. The van der Waals surface area contributed by atoms with Crippen molar-refractivity contribution in [3.8, 4) is 0 Å². The van der Waals surface area contributed by atoms with Crippen LogP contribution < -0.4 is 0 Å². The van der Waals surface area contributed by atoms with Crippen molar-refractivity contribution in [3.63, 3.8) is 0 Å². The summed E-state index contributed by atoms with van der Waals surface area (Å²) in [6.07, 6.45) is 57.7. The minimum absolute atomic E-state index is 1.18. The minimum Gasteiger partial charge on any atom is -0.0527 e. The fraction of sp³-hybridized carbons (Fsp3) is 1.00. The molecule has 386 valence electrons. The van der Waals surface area contributed by atoms with Crippen LogP contribution in [-0.2, 0) is 0 Å². The largest absolute Gasteiger partial charge is 0.0527 e. The first-order valence-electron chi connectivity index (χ1n) is 34.6. The van der Waals surface area contributed by atoms with Gasteiger partial charge in [0.25, 0.3) is 0 Å². The van der Waals surface area contributed by atoms with E-state index >= 15 is 0 Å². The molecule has 0 heteroatoms. The summed E-state index contributed by atoms with van der Waals surface area (Å²) in [5, 5.41) is 0. The van der Waals surface area contributed by atoms with E-state index in [9.17, 15) is 0 Å². The Morgan fingerprint density at radius 1 is 0.129 bits per heavy atom. The quantitative estimate of drug-likeness (QED) is 0.212. The second-order valence-electron chi connectivity index (χ2n) is 34.0. The van der Waals surface area contributed by atoms with Gasteiger partial charge in [0.05, 0.1) is 0 Å². The molecule has 30 rings (SSSR count). The normalized spacial score (nSPS) is 64.8. The summed E-state index contributed by atoms with van der Waals surface area (Å²) >= 11 is 0. The molecule has 0 aromatic carbocycles. The number of hydrogen-bond donors (Lipinski definition) is 0. The lowest BCUT2D eigenvalue weighted by Crippen LogP contribution is -2.38. The lowest BCUT2D eigenvalue weighted by Gasteiger charge is -2.49. The van der Waals surface area contributed by atoms with E-state index in [1.807, 2.05) is 0 Å². The van der Waals surface area contributed by atoms with E-state index in [0.717, 1.165) is 0 Å².